The van der Waals surface area contributed by atoms with E-state index in [1.54, 1.807) is 12.3 Å². The summed E-state index contributed by atoms with van der Waals surface area (Å²) >= 11 is 0. The molecule has 0 aliphatic carbocycles. The van der Waals surface area contributed by atoms with Crippen molar-refractivity contribution in [2.75, 3.05) is 19.5 Å². The summed E-state index contributed by atoms with van der Waals surface area (Å²) in [4.78, 5) is 19.6. The van der Waals surface area contributed by atoms with E-state index >= 15 is 0 Å². The predicted molar refractivity (Wildman–Crippen MR) is 62.8 cm³/mol. The van der Waals surface area contributed by atoms with E-state index in [9.17, 15) is 4.79 Å². The first kappa shape index (κ1) is 13.2. The first-order valence-electron chi connectivity index (χ1n) is 5.30. The Morgan fingerprint density at radius 3 is 2.65 bits per heavy atom. The second-order valence-electron chi connectivity index (χ2n) is 3.81. The van der Waals surface area contributed by atoms with Gasteiger partial charge < -0.3 is 14.8 Å². The van der Waals surface area contributed by atoms with Crippen molar-refractivity contribution in [3.63, 3.8) is 0 Å². The Morgan fingerprint density at radius 2 is 2.12 bits per heavy atom. The summed E-state index contributed by atoms with van der Waals surface area (Å²) in [7, 11) is 2.87. The highest BCUT2D eigenvalue weighted by Crippen LogP contribution is 2.12. The van der Waals surface area contributed by atoms with E-state index < -0.39 is 6.04 Å². The predicted octanol–water partition coefficient (Wildman–Crippen LogP) is 1.09. The number of rotatable bonds is 5. The maximum Gasteiger partial charge on any atom is 0.328 e. The molecule has 0 bridgehead atoms. The van der Waals surface area contributed by atoms with Gasteiger partial charge in [0.1, 0.15) is 6.04 Å². The number of hydrogen-bond acceptors (Lipinski definition) is 6. The van der Waals surface area contributed by atoms with Crippen LogP contribution in [-0.2, 0) is 9.53 Å². The highest BCUT2D eigenvalue weighted by atomic mass is 16.5. The molecule has 0 aliphatic heterocycles. The number of esters is 1. The van der Waals surface area contributed by atoms with Crippen LogP contribution in [0.3, 0.4) is 0 Å². The summed E-state index contributed by atoms with van der Waals surface area (Å²) in [5.74, 6) is 0.506. The van der Waals surface area contributed by atoms with E-state index in [1.807, 2.05) is 13.8 Å². The first-order valence-corrected chi connectivity index (χ1v) is 5.30. The quantitative estimate of drug-likeness (QED) is 0.775. The van der Waals surface area contributed by atoms with Gasteiger partial charge in [0.25, 0.3) is 0 Å². The highest BCUT2D eigenvalue weighted by Gasteiger charge is 2.23. The number of anilines is 1. The van der Waals surface area contributed by atoms with E-state index in [0.717, 1.165) is 0 Å². The van der Waals surface area contributed by atoms with Crippen LogP contribution in [-0.4, -0.2) is 36.2 Å². The molecule has 6 nitrogen and oxygen atoms in total. The maximum atomic E-state index is 11.5. The van der Waals surface area contributed by atoms with Crippen molar-refractivity contribution in [2.24, 2.45) is 5.92 Å². The summed E-state index contributed by atoms with van der Waals surface area (Å²) in [6.45, 7) is 3.82. The standard InChI is InChI=1S/C11H17N3O3/c1-7(2)9(10(15)17-4)14-11-12-6-5-8(13-11)16-3/h5-7,9H,1-4H3,(H,12,13,14). The molecule has 17 heavy (non-hydrogen) atoms. The Hall–Kier alpha value is -1.85. The van der Waals surface area contributed by atoms with E-state index in [2.05, 4.69) is 15.3 Å². The largest absolute Gasteiger partial charge is 0.481 e. The van der Waals surface area contributed by atoms with Gasteiger partial charge in [-0.15, -0.1) is 0 Å². The van der Waals surface area contributed by atoms with Gasteiger partial charge in [0.05, 0.1) is 14.2 Å². The van der Waals surface area contributed by atoms with Gasteiger partial charge in [0.15, 0.2) is 0 Å². The van der Waals surface area contributed by atoms with Gasteiger partial charge in [0, 0.05) is 12.3 Å². The summed E-state index contributed by atoms with van der Waals surface area (Å²) < 4.78 is 9.69. The number of aromatic nitrogens is 2. The van der Waals surface area contributed by atoms with E-state index in [0.29, 0.717) is 11.8 Å². The van der Waals surface area contributed by atoms with Crippen LogP contribution in [0.5, 0.6) is 5.88 Å². The molecule has 0 amide bonds. The topological polar surface area (TPSA) is 73.3 Å². The van der Waals surface area contributed by atoms with E-state index in [1.165, 1.54) is 14.2 Å². The van der Waals surface area contributed by atoms with Crippen LogP contribution >= 0.6 is 0 Å². The monoisotopic (exact) mass is 239 g/mol. The highest BCUT2D eigenvalue weighted by molar-refractivity contribution is 5.78. The molecule has 1 atom stereocenters. The first-order chi connectivity index (χ1) is 8.08. The number of nitrogens with zero attached hydrogens (tertiary/aromatic N) is 2. The molecule has 1 N–H and O–H groups in total. The minimum Gasteiger partial charge on any atom is -0.481 e. The molecule has 0 saturated heterocycles. The van der Waals surface area contributed by atoms with Gasteiger partial charge in [-0.1, -0.05) is 13.8 Å². The molecule has 1 unspecified atom stereocenters. The smallest absolute Gasteiger partial charge is 0.328 e. The maximum absolute atomic E-state index is 11.5. The van der Waals surface area contributed by atoms with Crippen LogP contribution in [0.4, 0.5) is 5.95 Å². The Labute approximate surface area is 100 Å². The van der Waals surface area contributed by atoms with Crippen LogP contribution < -0.4 is 10.1 Å². The van der Waals surface area contributed by atoms with E-state index in [4.69, 9.17) is 9.47 Å². The van der Waals surface area contributed by atoms with Gasteiger partial charge in [-0.3, -0.25) is 0 Å². The lowest BCUT2D eigenvalue weighted by atomic mass is 10.1. The van der Waals surface area contributed by atoms with Crippen LogP contribution in [0.1, 0.15) is 13.8 Å². The minimum atomic E-state index is -0.480. The third kappa shape index (κ3) is 3.58. The summed E-state index contributed by atoms with van der Waals surface area (Å²) in [6.07, 6.45) is 1.56. The molecule has 0 aliphatic rings. The summed E-state index contributed by atoms with van der Waals surface area (Å²) in [5.41, 5.74) is 0. The number of methoxy groups -OCH3 is 2. The fraction of sp³-hybridized carbons (Fsp3) is 0.545. The molecule has 0 spiro atoms. The minimum absolute atomic E-state index is 0.0669. The zero-order valence-corrected chi connectivity index (χ0v) is 10.4. The lowest BCUT2D eigenvalue weighted by Crippen LogP contribution is -2.36. The second kappa shape index (κ2) is 6.03. The van der Waals surface area contributed by atoms with Gasteiger partial charge in [-0.2, -0.15) is 4.98 Å². The van der Waals surface area contributed by atoms with Gasteiger partial charge in [-0.05, 0) is 5.92 Å². The zero-order chi connectivity index (χ0) is 12.8. The molecule has 0 saturated carbocycles. The molecule has 6 heteroatoms. The summed E-state index contributed by atoms with van der Waals surface area (Å²) in [6, 6.07) is 1.15. The fourth-order valence-corrected chi connectivity index (χ4v) is 1.29. The van der Waals surface area contributed by atoms with Gasteiger partial charge >= 0.3 is 5.97 Å². The summed E-state index contributed by atoms with van der Waals surface area (Å²) in [5, 5.41) is 2.93. The molecular formula is C11H17N3O3. The van der Waals surface area contributed by atoms with Crippen molar-refractivity contribution < 1.29 is 14.3 Å². The molecule has 0 aromatic carbocycles. The number of nitrogens with one attached hydrogen (secondary N) is 1. The number of carbonyl (C=O) groups excluding carboxylic acids is 1. The molecule has 1 aromatic heterocycles. The number of ether oxygens (including phenoxy) is 2. The van der Waals surface area contributed by atoms with Crippen molar-refractivity contribution in [3.05, 3.63) is 12.3 Å². The number of hydrogen-bond donors (Lipinski definition) is 1. The Morgan fingerprint density at radius 1 is 1.41 bits per heavy atom. The molecule has 1 aromatic rings. The Bertz CT molecular complexity index is 382. The van der Waals surface area contributed by atoms with Gasteiger partial charge in [0.2, 0.25) is 11.8 Å². The molecule has 0 fully saturated rings. The normalized spacial score (nSPS) is 12.1. The van der Waals surface area contributed by atoms with Crippen LogP contribution in [0.2, 0.25) is 0 Å². The van der Waals surface area contributed by atoms with Crippen molar-refractivity contribution in [2.45, 2.75) is 19.9 Å². The van der Waals surface area contributed by atoms with Crippen LogP contribution in [0.25, 0.3) is 0 Å². The van der Waals surface area contributed by atoms with Crippen molar-refractivity contribution in [3.8, 4) is 5.88 Å². The number of carbonyl (C=O) groups is 1. The van der Waals surface area contributed by atoms with Crippen molar-refractivity contribution in [1.29, 1.82) is 0 Å². The van der Waals surface area contributed by atoms with Crippen LogP contribution in [0, 0.1) is 5.92 Å². The Balaban J connectivity index is 2.82. The van der Waals surface area contributed by atoms with Gasteiger partial charge in [-0.25, -0.2) is 9.78 Å². The Kier molecular flexibility index (Phi) is 4.68. The zero-order valence-electron chi connectivity index (χ0n) is 10.4. The third-order valence-corrected chi connectivity index (χ3v) is 2.25. The van der Waals surface area contributed by atoms with Crippen LogP contribution in [0.15, 0.2) is 12.3 Å². The molecule has 1 heterocycles. The molecular weight excluding hydrogens is 222 g/mol. The van der Waals surface area contributed by atoms with Crippen molar-refractivity contribution >= 4 is 11.9 Å². The molecule has 94 valence electrons. The lowest BCUT2D eigenvalue weighted by Gasteiger charge is -2.19. The average molecular weight is 239 g/mol. The SMILES string of the molecule is COC(=O)C(Nc1nccc(OC)n1)C(C)C. The molecule has 1 rings (SSSR count). The third-order valence-electron chi connectivity index (χ3n) is 2.25. The second-order valence-corrected chi connectivity index (χ2v) is 3.81. The van der Waals surface area contributed by atoms with Crippen molar-refractivity contribution in [1.82, 2.24) is 9.97 Å². The average Bonchev–Trinajstić information content (AvgIpc) is 2.35. The van der Waals surface area contributed by atoms with E-state index in [-0.39, 0.29) is 11.9 Å². The molecule has 0 radical (unpaired) electrons. The lowest BCUT2D eigenvalue weighted by molar-refractivity contribution is -0.142. The fourth-order valence-electron chi connectivity index (χ4n) is 1.29.